The van der Waals surface area contributed by atoms with Gasteiger partial charge < -0.3 is 10.1 Å². The maximum Gasteiger partial charge on any atom is 0.461 e. The molecule has 0 spiro atoms. The van der Waals surface area contributed by atoms with Crippen molar-refractivity contribution in [3.63, 3.8) is 0 Å². The molecule has 0 aromatic heterocycles. The standard InChI is InChI=1S/C29H21F6NO2/c30-23-13-11-21(12-14-23)28(18-19-7-3-1-4-8-19,36-26(37)20-9-5-2-6-10-20)22-15-24(31)17-25(16-22)38-29(34,35)27(32)33/h1-17,27H,18H2,(H,36,37). The van der Waals surface area contributed by atoms with Gasteiger partial charge in [0.25, 0.3) is 5.91 Å². The Morgan fingerprint density at radius 1 is 0.763 bits per heavy atom. The summed E-state index contributed by atoms with van der Waals surface area (Å²) in [6.45, 7) is 0. The Morgan fingerprint density at radius 3 is 1.97 bits per heavy atom. The zero-order valence-electron chi connectivity index (χ0n) is 19.7. The molecule has 1 unspecified atom stereocenters. The summed E-state index contributed by atoms with van der Waals surface area (Å²) in [6, 6.07) is 24.2. The first kappa shape index (κ1) is 26.8. The first-order valence-corrected chi connectivity index (χ1v) is 11.4. The molecule has 0 radical (unpaired) electrons. The molecule has 4 rings (SSSR count). The van der Waals surface area contributed by atoms with Gasteiger partial charge in [0.05, 0.1) is 5.54 Å². The molecular formula is C29H21F6NO2. The molecule has 196 valence electrons. The normalized spacial score (nSPS) is 13.1. The van der Waals surface area contributed by atoms with Crippen LogP contribution in [0.25, 0.3) is 0 Å². The number of nitrogens with one attached hydrogen (secondary N) is 1. The molecule has 1 N–H and O–H groups in total. The van der Waals surface area contributed by atoms with E-state index in [0.717, 1.165) is 24.3 Å². The summed E-state index contributed by atoms with van der Waals surface area (Å²) in [5, 5.41) is 2.87. The van der Waals surface area contributed by atoms with Gasteiger partial charge in [-0.25, -0.2) is 8.78 Å². The van der Waals surface area contributed by atoms with E-state index < -0.39 is 41.4 Å². The largest absolute Gasteiger partial charge is 0.461 e. The van der Waals surface area contributed by atoms with Gasteiger partial charge in [-0.1, -0.05) is 60.7 Å². The highest BCUT2D eigenvalue weighted by Gasteiger charge is 2.45. The van der Waals surface area contributed by atoms with E-state index in [1.165, 1.54) is 24.3 Å². The van der Waals surface area contributed by atoms with Crippen molar-refractivity contribution in [1.82, 2.24) is 5.32 Å². The van der Waals surface area contributed by atoms with Gasteiger partial charge in [0.2, 0.25) is 0 Å². The van der Waals surface area contributed by atoms with E-state index in [-0.39, 0.29) is 23.1 Å². The predicted octanol–water partition coefficient (Wildman–Crippen LogP) is 7.12. The smallest absolute Gasteiger partial charge is 0.428 e. The fourth-order valence-corrected chi connectivity index (χ4v) is 4.12. The Labute approximate surface area is 214 Å². The first-order valence-electron chi connectivity index (χ1n) is 11.4. The van der Waals surface area contributed by atoms with Gasteiger partial charge >= 0.3 is 12.5 Å². The van der Waals surface area contributed by atoms with Crippen LogP contribution in [0.1, 0.15) is 27.0 Å². The van der Waals surface area contributed by atoms with E-state index in [2.05, 4.69) is 10.1 Å². The number of amides is 1. The number of ether oxygens (including phenoxy) is 1. The molecule has 0 aliphatic carbocycles. The first-order chi connectivity index (χ1) is 18.1. The second-order valence-corrected chi connectivity index (χ2v) is 8.53. The van der Waals surface area contributed by atoms with E-state index in [4.69, 9.17) is 0 Å². The van der Waals surface area contributed by atoms with Crippen LogP contribution < -0.4 is 10.1 Å². The van der Waals surface area contributed by atoms with Crippen LogP contribution in [-0.2, 0) is 12.0 Å². The van der Waals surface area contributed by atoms with Gasteiger partial charge in [0.15, 0.2) is 0 Å². The number of carbonyl (C=O) groups is 1. The fraction of sp³-hybridized carbons (Fsp3) is 0.138. The highest BCUT2D eigenvalue weighted by molar-refractivity contribution is 5.95. The van der Waals surface area contributed by atoms with Crippen molar-refractivity contribution in [2.24, 2.45) is 0 Å². The van der Waals surface area contributed by atoms with Gasteiger partial charge in [0.1, 0.15) is 17.4 Å². The van der Waals surface area contributed by atoms with Gasteiger partial charge in [-0.3, -0.25) is 4.79 Å². The number of hydrogen-bond donors (Lipinski definition) is 1. The lowest BCUT2D eigenvalue weighted by Gasteiger charge is -2.37. The molecule has 0 aliphatic heterocycles. The predicted molar refractivity (Wildman–Crippen MR) is 129 cm³/mol. The van der Waals surface area contributed by atoms with E-state index in [1.807, 2.05) is 0 Å². The second kappa shape index (κ2) is 11.0. The topological polar surface area (TPSA) is 38.3 Å². The van der Waals surface area contributed by atoms with Crippen LogP contribution in [0.15, 0.2) is 103 Å². The summed E-state index contributed by atoms with van der Waals surface area (Å²) in [6.07, 6.45) is -9.10. The average Bonchev–Trinajstić information content (AvgIpc) is 2.89. The Bertz CT molecular complexity index is 1380. The molecule has 0 aliphatic rings. The number of halogens is 6. The molecule has 3 nitrogen and oxygen atoms in total. The maximum absolute atomic E-state index is 14.8. The number of hydrogen-bond acceptors (Lipinski definition) is 2. The lowest BCUT2D eigenvalue weighted by atomic mass is 9.77. The Kier molecular flexibility index (Phi) is 7.75. The third kappa shape index (κ3) is 5.99. The fourth-order valence-electron chi connectivity index (χ4n) is 4.12. The minimum atomic E-state index is -4.89. The van der Waals surface area contributed by atoms with Crippen LogP contribution in [-0.4, -0.2) is 18.4 Å². The molecule has 0 fully saturated rings. The van der Waals surface area contributed by atoms with Crippen LogP contribution in [0.3, 0.4) is 0 Å². The summed E-state index contributed by atoms with van der Waals surface area (Å²) in [5.41, 5.74) is -0.581. The van der Waals surface area contributed by atoms with Crippen LogP contribution in [0.2, 0.25) is 0 Å². The molecule has 9 heteroatoms. The van der Waals surface area contributed by atoms with E-state index in [1.54, 1.807) is 48.5 Å². The molecule has 0 saturated carbocycles. The maximum atomic E-state index is 14.8. The molecule has 4 aromatic rings. The third-order valence-electron chi connectivity index (χ3n) is 5.88. The Balaban J connectivity index is 1.94. The molecule has 38 heavy (non-hydrogen) atoms. The van der Waals surface area contributed by atoms with Crippen molar-refractivity contribution in [2.45, 2.75) is 24.5 Å². The minimum absolute atomic E-state index is 0.0355. The highest BCUT2D eigenvalue weighted by Crippen LogP contribution is 2.38. The lowest BCUT2D eigenvalue weighted by molar-refractivity contribution is -0.253. The van der Waals surface area contributed by atoms with Gasteiger partial charge in [0, 0.05) is 18.1 Å². The van der Waals surface area contributed by atoms with Gasteiger partial charge in [-0.05, 0) is 53.1 Å². The molecule has 0 bridgehead atoms. The van der Waals surface area contributed by atoms with Crippen LogP contribution in [0.4, 0.5) is 26.3 Å². The summed E-state index contributed by atoms with van der Waals surface area (Å²) >= 11 is 0. The van der Waals surface area contributed by atoms with Crippen molar-refractivity contribution in [2.75, 3.05) is 0 Å². The minimum Gasteiger partial charge on any atom is -0.428 e. The molecular weight excluding hydrogens is 508 g/mol. The number of alkyl halides is 4. The molecule has 1 atom stereocenters. The number of benzene rings is 4. The quantitative estimate of drug-likeness (QED) is 0.235. The van der Waals surface area contributed by atoms with E-state index in [0.29, 0.717) is 11.6 Å². The van der Waals surface area contributed by atoms with Crippen molar-refractivity contribution in [1.29, 1.82) is 0 Å². The SMILES string of the molecule is O=C(NC(Cc1ccccc1)(c1ccc(F)cc1)c1cc(F)cc(OC(F)(F)C(F)F)c1)c1ccccc1. The van der Waals surface area contributed by atoms with Gasteiger partial charge in [-0.2, -0.15) is 17.6 Å². The monoisotopic (exact) mass is 529 g/mol. The summed E-state index contributed by atoms with van der Waals surface area (Å²) in [5.74, 6) is -3.14. The van der Waals surface area contributed by atoms with Crippen molar-refractivity contribution in [3.8, 4) is 5.75 Å². The van der Waals surface area contributed by atoms with E-state index in [9.17, 15) is 31.1 Å². The number of carbonyl (C=O) groups excluding carboxylic acids is 1. The highest BCUT2D eigenvalue weighted by atomic mass is 19.3. The second-order valence-electron chi connectivity index (χ2n) is 8.53. The zero-order valence-corrected chi connectivity index (χ0v) is 19.7. The Hall–Kier alpha value is -4.27. The third-order valence-corrected chi connectivity index (χ3v) is 5.88. The van der Waals surface area contributed by atoms with Crippen LogP contribution in [0, 0.1) is 11.6 Å². The average molecular weight is 529 g/mol. The van der Waals surface area contributed by atoms with Crippen molar-refractivity contribution < 1.29 is 35.9 Å². The van der Waals surface area contributed by atoms with Gasteiger partial charge in [-0.15, -0.1) is 0 Å². The van der Waals surface area contributed by atoms with Crippen molar-refractivity contribution in [3.05, 3.63) is 137 Å². The Morgan fingerprint density at radius 2 is 1.37 bits per heavy atom. The molecule has 1 amide bonds. The molecule has 0 saturated heterocycles. The molecule has 4 aromatic carbocycles. The summed E-state index contributed by atoms with van der Waals surface area (Å²) < 4.78 is 86.0. The lowest BCUT2D eigenvalue weighted by Crippen LogP contribution is -2.48. The van der Waals surface area contributed by atoms with E-state index >= 15 is 0 Å². The summed E-state index contributed by atoms with van der Waals surface area (Å²) in [7, 11) is 0. The molecule has 0 heterocycles. The number of rotatable bonds is 9. The zero-order chi connectivity index (χ0) is 27.3. The van der Waals surface area contributed by atoms with Crippen LogP contribution >= 0.6 is 0 Å². The van der Waals surface area contributed by atoms with Crippen molar-refractivity contribution >= 4 is 5.91 Å². The summed E-state index contributed by atoms with van der Waals surface area (Å²) in [4.78, 5) is 13.4. The van der Waals surface area contributed by atoms with Crippen LogP contribution in [0.5, 0.6) is 5.75 Å².